The average Bonchev–Trinajstić information content (AvgIpc) is 3.49. The van der Waals surface area contributed by atoms with Gasteiger partial charge in [0.2, 0.25) is 0 Å². The lowest BCUT2D eigenvalue weighted by atomic mass is 10.1. The minimum atomic E-state index is -0.112. The van der Waals surface area contributed by atoms with Gasteiger partial charge in [-0.1, -0.05) is 30.3 Å². The highest BCUT2D eigenvalue weighted by molar-refractivity contribution is 7.18. The van der Waals surface area contributed by atoms with Gasteiger partial charge in [-0.3, -0.25) is 9.69 Å². The van der Waals surface area contributed by atoms with E-state index in [9.17, 15) is 4.79 Å². The summed E-state index contributed by atoms with van der Waals surface area (Å²) in [6, 6.07) is 12.5. The molecule has 4 aromatic heterocycles. The zero-order valence-corrected chi connectivity index (χ0v) is 20.7. The maximum Gasteiger partial charge on any atom is 0.283 e. The molecule has 174 valence electrons. The molecule has 7 nitrogen and oxygen atoms in total. The van der Waals surface area contributed by atoms with Gasteiger partial charge in [0.15, 0.2) is 11.5 Å². The molecule has 0 amide bonds. The van der Waals surface area contributed by atoms with Crippen LogP contribution in [0.3, 0.4) is 0 Å². The van der Waals surface area contributed by atoms with Crippen molar-refractivity contribution >= 4 is 55.1 Å². The number of rotatable bonds is 5. The lowest BCUT2D eigenvalue weighted by molar-refractivity contribution is 0.0194. The number of fused-ring (bicyclic) bond motifs is 4. The van der Waals surface area contributed by atoms with Crippen LogP contribution in [-0.2, 0) is 4.74 Å². The maximum atomic E-state index is 13.5. The lowest BCUT2D eigenvalue weighted by Gasteiger charge is -2.34. The SMILES string of the molecule is Cc1sc2nc3c4ccccc4c(NCC(c4cccs4)N4CCOCC4)nn3c(=O)c2c1C. The molecule has 0 radical (unpaired) electrons. The van der Waals surface area contributed by atoms with E-state index in [1.807, 2.05) is 38.1 Å². The molecule has 34 heavy (non-hydrogen) atoms. The van der Waals surface area contributed by atoms with E-state index in [1.54, 1.807) is 22.7 Å². The zero-order valence-electron chi connectivity index (χ0n) is 19.1. The summed E-state index contributed by atoms with van der Waals surface area (Å²) in [7, 11) is 0. The Morgan fingerprint density at radius 3 is 2.68 bits per heavy atom. The molecule has 5 aromatic rings. The fourth-order valence-electron chi connectivity index (χ4n) is 4.69. The molecule has 1 saturated heterocycles. The number of thiophene rings is 2. The van der Waals surface area contributed by atoms with E-state index in [0.29, 0.717) is 23.4 Å². The number of anilines is 1. The van der Waals surface area contributed by atoms with Crippen molar-refractivity contribution in [1.29, 1.82) is 0 Å². The number of nitrogens with zero attached hydrogens (tertiary/aromatic N) is 4. The Hall–Kier alpha value is -2.85. The van der Waals surface area contributed by atoms with Gasteiger partial charge < -0.3 is 10.1 Å². The molecule has 0 saturated carbocycles. The Labute approximate surface area is 204 Å². The highest BCUT2D eigenvalue weighted by Crippen LogP contribution is 2.31. The Morgan fingerprint density at radius 1 is 1.12 bits per heavy atom. The van der Waals surface area contributed by atoms with Crippen molar-refractivity contribution in [2.45, 2.75) is 19.9 Å². The van der Waals surface area contributed by atoms with Crippen molar-refractivity contribution in [3.05, 3.63) is 67.4 Å². The summed E-state index contributed by atoms with van der Waals surface area (Å²) >= 11 is 3.33. The highest BCUT2D eigenvalue weighted by atomic mass is 32.1. The van der Waals surface area contributed by atoms with Gasteiger partial charge in [-0.2, -0.15) is 4.52 Å². The second-order valence-corrected chi connectivity index (χ2v) is 10.8. The largest absolute Gasteiger partial charge is 0.379 e. The summed E-state index contributed by atoms with van der Waals surface area (Å²) < 4.78 is 7.05. The van der Waals surface area contributed by atoms with E-state index in [0.717, 1.165) is 52.3 Å². The van der Waals surface area contributed by atoms with Crippen molar-refractivity contribution < 1.29 is 4.74 Å². The number of aryl methyl sites for hydroxylation is 2. The second kappa shape index (κ2) is 8.74. The first-order chi connectivity index (χ1) is 16.6. The van der Waals surface area contributed by atoms with Crippen LogP contribution in [0.25, 0.3) is 26.6 Å². The maximum absolute atomic E-state index is 13.5. The summed E-state index contributed by atoms with van der Waals surface area (Å²) in [5, 5.41) is 13.1. The Kier molecular flexibility index (Phi) is 5.57. The van der Waals surface area contributed by atoms with Crippen molar-refractivity contribution in [3.63, 3.8) is 0 Å². The summed E-state index contributed by atoms with van der Waals surface area (Å²) in [5.41, 5.74) is 1.47. The third kappa shape index (κ3) is 3.60. The predicted octanol–water partition coefficient (Wildman–Crippen LogP) is 4.62. The molecule has 0 aliphatic carbocycles. The molecular weight excluding hydrogens is 466 g/mol. The number of ether oxygens (including phenoxy) is 1. The van der Waals surface area contributed by atoms with Gasteiger partial charge in [0.1, 0.15) is 4.83 Å². The van der Waals surface area contributed by atoms with Crippen molar-refractivity contribution in [1.82, 2.24) is 19.5 Å². The van der Waals surface area contributed by atoms with Gasteiger partial charge in [-0.25, -0.2) is 4.98 Å². The summed E-state index contributed by atoms with van der Waals surface area (Å²) in [5.74, 6) is 0.700. The van der Waals surface area contributed by atoms with Crippen molar-refractivity contribution in [3.8, 4) is 0 Å². The van der Waals surface area contributed by atoms with Gasteiger partial charge in [0.05, 0.1) is 24.6 Å². The number of aromatic nitrogens is 3. The summed E-state index contributed by atoms with van der Waals surface area (Å²) in [6.07, 6.45) is 0. The number of benzene rings is 1. The molecule has 1 aliphatic heterocycles. The number of nitrogens with one attached hydrogen (secondary N) is 1. The van der Waals surface area contributed by atoms with Crippen LogP contribution in [0.4, 0.5) is 5.82 Å². The fourth-order valence-corrected chi connectivity index (χ4v) is 6.58. The average molecular weight is 492 g/mol. The first-order valence-electron chi connectivity index (χ1n) is 11.4. The molecule has 1 N–H and O–H groups in total. The lowest BCUT2D eigenvalue weighted by Crippen LogP contribution is -2.41. The molecule has 1 unspecified atom stereocenters. The van der Waals surface area contributed by atoms with Crippen LogP contribution < -0.4 is 10.9 Å². The van der Waals surface area contributed by atoms with E-state index in [-0.39, 0.29) is 11.6 Å². The molecule has 1 aromatic carbocycles. The van der Waals surface area contributed by atoms with Gasteiger partial charge in [-0.05, 0) is 30.9 Å². The summed E-state index contributed by atoms with van der Waals surface area (Å²) in [6.45, 7) is 7.99. The number of hydrogen-bond donors (Lipinski definition) is 1. The zero-order chi connectivity index (χ0) is 23.2. The highest BCUT2D eigenvalue weighted by Gasteiger charge is 2.24. The Balaban J connectivity index is 1.46. The van der Waals surface area contributed by atoms with E-state index in [4.69, 9.17) is 14.8 Å². The van der Waals surface area contributed by atoms with Crippen LogP contribution in [0.5, 0.6) is 0 Å². The number of morpholine rings is 1. The van der Waals surface area contributed by atoms with Crippen LogP contribution in [0.2, 0.25) is 0 Å². The first kappa shape index (κ1) is 21.7. The predicted molar refractivity (Wildman–Crippen MR) is 140 cm³/mol. The molecule has 0 bridgehead atoms. The Morgan fingerprint density at radius 2 is 1.91 bits per heavy atom. The molecule has 9 heteroatoms. The minimum Gasteiger partial charge on any atom is -0.379 e. The quantitative estimate of drug-likeness (QED) is 0.362. The molecule has 6 rings (SSSR count). The molecular formula is C25H25N5O2S2. The van der Waals surface area contributed by atoms with Gasteiger partial charge in [0.25, 0.3) is 5.56 Å². The smallest absolute Gasteiger partial charge is 0.283 e. The summed E-state index contributed by atoms with van der Waals surface area (Å²) in [4.78, 5) is 24.0. The topological polar surface area (TPSA) is 71.8 Å². The van der Waals surface area contributed by atoms with Gasteiger partial charge in [0, 0.05) is 40.2 Å². The second-order valence-electron chi connectivity index (χ2n) is 8.57. The third-order valence-electron chi connectivity index (χ3n) is 6.63. The van der Waals surface area contributed by atoms with Gasteiger partial charge >= 0.3 is 0 Å². The van der Waals surface area contributed by atoms with E-state index < -0.39 is 0 Å². The van der Waals surface area contributed by atoms with E-state index in [2.05, 4.69) is 27.7 Å². The van der Waals surface area contributed by atoms with E-state index in [1.165, 1.54) is 9.39 Å². The standard InChI is InChI=1S/C25H25N5O2S2/c1-15-16(2)34-24-21(15)25(31)30-23(27-24)18-7-4-3-6-17(18)22(28-30)26-14-19(20-8-5-13-33-20)29-9-11-32-12-10-29/h3-8,13,19H,9-12,14H2,1-2H3,(H,26,28). The first-order valence-corrected chi connectivity index (χ1v) is 13.1. The van der Waals surface area contributed by atoms with Crippen molar-refractivity contribution in [2.24, 2.45) is 0 Å². The van der Waals surface area contributed by atoms with Crippen molar-refractivity contribution in [2.75, 3.05) is 38.2 Å². The molecule has 1 aliphatic rings. The monoisotopic (exact) mass is 491 g/mol. The molecule has 0 spiro atoms. The molecule has 1 atom stereocenters. The van der Waals surface area contributed by atoms with Crippen LogP contribution >= 0.6 is 22.7 Å². The van der Waals surface area contributed by atoms with Gasteiger partial charge in [-0.15, -0.1) is 27.8 Å². The normalized spacial score (nSPS) is 15.9. The molecule has 5 heterocycles. The third-order valence-corrected chi connectivity index (χ3v) is 8.70. The fraction of sp³-hybridized carbons (Fsp3) is 0.320. The Bertz CT molecular complexity index is 1550. The van der Waals surface area contributed by atoms with E-state index >= 15 is 0 Å². The molecule has 1 fully saturated rings. The van der Waals surface area contributed by atoms with Crippen LogP contribution in [0.1, 0.15) is 21.4 Å². The minimum absolute atomic E-state index is 0.112. The van der Waals surface area contributed by atoms with Crippen LogP contribution in [-0.4, -0.2) is 52.3 Å². The van der Waals surface area contributed by atoms with Crippen LogP contribution in [0, 0.1) is 13.8 Å². The van der Waals surface area contributed by atoms with Crippen LogP contribution in [0.15, 0.2) is 46.6 Å². The number of hydrogen-bond acceptors (Lipinski definition) is 8.